The number of H-pyrrole nitrogens is 1. The van der Waals surface area contributed by atoms with E-state index >= 15 is 0 Å². The van der Waals surface area contributed by atoms with Crippen LogP contribution >= 0.6 is 0 Å². The van der Waals surface area contributed by atoms with Gasteiger partial charge in [0.1, 0.15) is 0 Å². The average Bonchev–Trinajstić information content (AvgIpc) is 2.90. The van der Waals surface area contributed by atoms with Crippen molar-refractivity contribution in [2.45, 2.75) is 6.54 Å². The minimum absolute atomic E-state index is 0.256. The number of nitrogens with one attached hydrogen (secondary N) is 2. The molecule has 88 valence electrons. The number of hydrogen-bond donors (Lipinski definition) is 2. The standard InChI is InChI=1S/C10H11N5O2/c1-17-9-4-7(2-3-11-9)5-12-10(16)8-6-13-15-14-8/h2-4,6H,5H2,1H3,(H,12,16)(H,13,14,15). The van der Waals surface area contributed by atoms with Crippen molar-refractivity contribution in [2.24, 2.45) is 0 Å². The van der Waals surface area contributed by atoms with Crippen molar-refractivity contribution < 1.29 is 9.53 Å². The third-order valence-electron chi connectivity index (χ3n) is 2.11. The number of pyridine rings is 1. The third-order valence-corrected chi connectivity index (χ3v) is 2.11. The van der Waals surface area contributed by atoms with Crippen LogP contribution in [0.5, 0.6) is 5.88 Å². The van der Waals surface area contributed by atoms with Crippen LogP contribution in [0.15, 0.2) is 24.5 Å². The van der Waals surface area contributed by atoms with Gasteiger partial charge in [0.25, 0.3) is 5.91 Å². The molecular weight excluding hydrogens is 222 g/mol. The largest absolute Gasteiger partial charge is 0.481 e. The van der Waals surface area contributed by atoms with Crippen LogP contribution in [0.3, 0.4) is 0 Å². The molecule has 7 nitrogen and oxygen atoms in total. The van der Waals surface area contributed by atoms with Gasteiger partial charge in [-0.3, -0.25) is 4.79 Å². The molecule has 0 aliphatic carbocycles. The molecule has 2 rings (SSSR count). The first kappa shape index (κ1) is 11.1. The molecule has 17 heavy (non-hydrogen) atoms. The molecule has 7 heteroatoms. The molecule has 0 atom stereocenters. The second-order valence-electron chi connectivity index (χ2n) is 3.24. The van der Waals surface area contributed by atoms with E-state index in [0.717, 1.165) is 5.56 Å². The van der Waals surface area contributed by atoms with Gasteiger partial charge >= 0.3 is 0 Å². The molecule has 0 spiro atoms. The molecule has 2 N–H and O–H groups in total. The lowest BCUT2D eigenvalue weighted by molar-refractivity contribution is 0.0946. The monoisotopic (exact) mass is 233 g/mol. The molecule has 2 aromatic heterocycles. The van der Waals surface area contributed by atoms with Crippen LogP contribution in [0.4, 0.5) is 0 Å². The Kier molecular flexibility index (Phi) is 3.29. The molecule has 2 heterocycles. The Bertz CT molecular complexity index is 497. The summed E-state index contributed by atoms with van der Waals surface area (Å²) in [5.41, 5.74) is 1.15. The topological polar surface area (TPSA) is 92.8 Å². The molecular formula is C10H11N5O2. The SMILES string of the molecule is COc1cc(CNC(=O)c2cn[nH]n2)ccn1. The van der Waals surface area contributed by atoms with E-state index in [1.54, 1.807) is 25.4 Å². The van der Waals surface area contributed by atoms with E-state index in [-0.39, 0.29) is 11.6 Å². The number of nitrogens with zero attached hydrogens (tertiary/aromatic N) is 3. The Morgan fingerprint density at radius 1 is 1.59 bits per heavy atom. The average molecular weight is 233 g/mol. The number of aromatic nitrogens is 4. The van der Waals surface area contributed by atoms with E-state index in [1.807, 2.05) is 0 Å². The van der Waals surface area contributed by atoms with Gasteiger partial charge in [0, 0.05) is 18.8 Å². The van der Waals surface area contributed by atoms with Crippen molar-refractivity contribution in [2.75, 3.05) is 7.11 Å². The minimum Gasteiger partial charge on any atom is -0.481 e. The third kappa shape index (κ3) is 2.77. The van der Waals surface area contributed by atoms with Gasteiger partial charge in [-0.2, -0.15) is 15.4 Å². The van der Waals surface area contributed by atoms with Crippen molar-refractivity contribution in [1.29, 1.82) is 0 Å². The Labute approximate surface area is 97.2 Å². The highest BCUT2D eigenvalue weighted by Crippen LogP contribution is 2.08. The predicted octanol–water partition coefficient (Wildman–Crippen LogP) is 0.138. The van der Waals surface area contributed by atoms with E-state index < -0.39 is 0 Å². The maximum atomic E-state index is 11.6. The summed E-state index contributed by atoms with van der Waals surface area (Å²) in [6, 6.07) is 3.55. The number of methoxy groups -OCH3 is 1. The van der Waals surface area contributed by atoms with Crippen molar-refractivity contribution >= 4 is 5.91 Å². The molecule has 0 aliphatic heterocycles. The Hall–Kier alpha value is -2.44. The van der Waals surface area contributed by atoms with E-state index in [4.69, 9.17) is 4.74 Å². The summed E-state index contributed by atoms with van der Waals surface area (Å²) in [7, 11) is 1.54. The molecule has 1 amide bonds. The van der Waals surface area contributed by atoms with E-state index in [2.05, 4.69) is 25.7 Å². The van der Waals surface area contributed by atoms with Crippen LogP contribution in [0.25, 0.3) is 0 Å². The zero-order valence-electron chi connectivity index (χ0n) is 9.17. The van der Waals surface area contributed by atoms with E-state index in [9.17, 15) is 4.79 Å². The summed E-state index contributed by atoms with van der Waals surface area (Å²) in [6.45, 7) is 0.380. The predicted molar refractivity (Wildman–Crippen MR) is 58.3 cm³/mol. The first-order valence-electron chi connectivity index (χ1n) is 4.92. The van der Waals surface area contributed by atoms with Gasteiger partial charge in [-0.25, -0.2) is 4.98 Å². The smallest absolute Gasteiger partial charge is 0.273 e. The summed E-state index contributed by atoms with van der Waals surface area (Å²) < 4.78 is 4.98. The van der Waals surface area contributed by atoms with E-state index in [1.165, 1.54) is 6.20 Å². The van der Waals surface area contributed by atoms with Gasteiger partial charge in [0.2, 0.25) is 5.88 Å². The van der Waals surface area contributed by atoms with Crippen molar-refractivity contribution in [3.63, 3.8) is 0 Å². The Morgan fingerprint density at radius 2 is 2.47 bits per heavy atom. The number of aromatic amines is 1. The number of carbonyl (C=O) groups excluding carboxylic acids is 1. The maximum Gasteiger partial charge on any atom is 0.273 e. The van der Waals surface area contributed by atoms with Crippen molar-refractivity contribution in [1.82, 2.24) is 25.7 Å². The van der Waals surface area contributed by atoms with Crippen molar-refractivity contribution in [3.8, 4) is 5.88 Å². The minimum atomic E-state index is -0.283. The second-order valence-corrected chi connectivity index (χ2v) is 3.24. The normalized spacial score (nSPS) is 9.94. The van der Waals surface area contributed by atoms with Gasteiger partial charge in [0.15, 0.2) is 5.69 Å². The summed E-state index contributed by atoms with van der Waals surface area (Å²) in [4.78, 5) is 15.5. The fraction of sp³-hybridized carbons (Fsp3) is 0.200. The van der Waals surface area contributed by atoms with Crippen molar-refractivity contribution in [3.05, 3.63) is 35.8 Å². The first-order chi connectivity index (χ1) is 8.29. The van der Waals surface area contributed by atoms with Gasteiger partial charge in [-0.05, 0) is 11.6 Å². The molecule has 0 aromatic carbocycles. The van der Waals surface area contributed by atoms with Crippen LogP contribution in [-0.4, -0.2) is 33.4 Å². The highest BCUT2D eigenvalue weighted by Gasteiger charge is 2.07. The summed E-state index contributed by atoms with van der Waals surface area (Å²) in [5, 5.41) is 12.3. The van der Waals surface area contributed by atoms with Gasteiger partial charge in [-0.15, -0.1) is 0 Å². The number of rotatable bonds is 4. The molecule has 0 aliphatic rings. The lowest BCUT2D eigenvalue weighted by atomic mass is 10.2. The number of carbonyl (C=O) groups is 1. The van der Waals surface area contributed by atoms with Gasteiger partial charge in [0.05, 0.1) is 13.3 Å². The van der Waals surface area contributed by atoms with Crippen LogP contribution in [0.2, 0.25) is 0 Å². The molecule has 0 bridgehead atoms. The number of amides is 1. The van der Waals surface area contributed by atoms with Crippen LogP contribution in [-0.2, 0) is 6.54 Å². The first-order valence-corrected chi connectivity index (χ1v) is 4.92. The highest BCUT2D eigenvalue weighted by atomic mass is 16.5. The molecule has 2 aromatic rings. The lowest BCUT2D eigenvalue weighted by Crippen LogP contribution is -2.23. The molecule has 0 unspecified atom stereocenters. The zero-order valence-corrected chi connectivity index (χ0v) is 9.17. The van der Waals surface area contributed by atoms with Crippen LogP contribution < -0.4 is 10.1 Å². The molecule has 0 fully saturated rings. The summed E-state index contributed by atoms with van der Waals surface area (Å²) >= 11 is 0. The Morgan fingerprint density at radius 3 is 3.18 bits per heavy atom. The highest BCUT2D eigenvalue weighted by molar-refractivity contribution is 5.91. The second kappa shape index (κ2) is 5.06. The maximum absolute atomic E-state index is 11.6. The number of ether oxygens (including phenoxy) is 1. The molecule has 0 saturated carbocycles. The molecule has 0 radical (unpaired) electrons. The van der Waals surface area contributed by atoms with Crippen LogP contribution in [0, 0.1) is 0 Å². The fourth-order valence-electron chi connectivity index (χ4n) is 1.26. The fourth-order valence-corrected chi connectivity index (χ4v) is 1.26. The van der Waals surface area contributed by atoms with Gasteiger partial charge < -0.3 is 10.1 Å². The van der Waals surface area contributed by atoms with Crippen LogP contribution in [0.1, 0.15) is 16.1 Å². The summed E-state index contributed by atoms with van der Waals surface area (Å²) in [6.07, 6.45) is 2.99. The molecule has 0 saturated heterocycles. The van der Waals surface area contributed by atoms with E-state index in [0.29, 0.717) is 12.4 Å². The van der Waals surface area contributed by atoms with Gasteiger partial charge in [-0.1, -0.05) is 0 Å². The summed E-state index contributed by atoms with van der Waals surface area (Å²) in [5.74, 6) is 0.229. The lowest BCUT2D eigenvalue weighted by Gasteiger charge is -2.04. The Balaban J connectivity index is 1.95. The zero-order chi connectivity index (χ0) is 12.1. The number of hydrogen-bond acceptors (Lipinski definition) is 5. The quantitative estimate of drug-likeness (QED) is 0.783.